The molecule has 0 atom stereocenters. The van der Waals surface area contributed by atoms with Gasteiger partial charge in [0.2, 0.25) is 0 Å². The monoisotopic (exact) mass is 298 g/mol. The Morgan fingerprint density at radius 1 is 1.25 bits per heavy atom. The number of carbonyl (C=O) groups excluding carboxylic acids is 2. The molecule has 20 heavy (non-hydrogen) atoms. The molecule has 0 radical (unpaired) electrons. The van der Waals surface area contributed by atoms with Gasteiger partial charge in [0, 0.05) is 6.54 Å². The molecule has 0 bridgehead atoms. The maximum atomic E-state index is 12.2. The maximum Gasteiger partial charge on any atom is 0.348 e. The maximum absolute atomic E-state index is 12.2. The largest absolute Gasteiger partial charge is 0.462 e. The molecule has 6 heteroatoms. The Morgan fingerprint density at radius 3 is 2.50 bits per heavy atom. The second-order valence-corrected chi connectivity index (χ2v) is 5.43. The minimum atomic E-state index is -0.401. The fourth-order valence-corrected chi connectivity index (χ4v) is 2.92. The van der Waals surface area contributed by atoms with Crippen LogP contribution in [-0.4, -0.2) is 25.0 Å². The molecule has 0 saturated carbocycles. The zero-order chi connectivity index (χ0) is 15.1. The summed E-state index contributed by atoms with van der Waals surface area (Å²) in [5, 5.41) is 3.19. The standard InChI is InChI=1S/C14H22N2O3S/c1-4-7-9-10(13(17)16-8-5-2)12(15)20-11(9)14(18)19-6-3/h4-8,15H2,1-3H3,(H,16,17). The van der Waals surface area contributed by atoms with Crippen molar-refractivity contribution < 1.29 is 14.3 Å². The fraction of sp³-hybridized carbons (Fsp3) is 0.571. The Morgan fingerprint density at radius 2 is 1.95 bits per heavy atom. The summed E-state index contributed by atoms with van der Waals surface area (Å²) in [6, 6.07) is 0. The van der Waals surface area contributed by atoms with Crippen LogP contribution in [0.15, 0.2) is 0 Å². The van der Waals surface area contributed by atoms with Crippen LogP contribution >= 0.6 is 11.3 Å². The van der Waals surface area contributed by atoms with E-state index in [1.807, 2.05) is 13.8 Å². The third-order valence-corrected chi connectivity index (χ3v) is 3.80. The van der Waals surface area contributed by atoms with E-state index in [1.165, 1.54) is 0 Å². The molecule has 112 valence electrons. The number of thiophene rings is 1. The zero-order valence-corrected chi connectivity index (χ0v) is 13.1. The van der Waals surface area contributed by atoms with E-state index in [1.54, 1.807) is 6.92 Å². The number of hydrogen-bond donors (Lipinski definition) is 2. The van der Waals surface area contributed by atoms with Gasteiger partial charge in [0.1, 0.15) is 4.88 Å². The first-order valence-electron chi connectivity index (χ1n) is 6.93. The number of hydrogen-bond acceptors (Lipinski definition) is 5. The molecular formula is C14H22N2O3S. The number of nitrogens with two attached hydrogens (primary N) is 1. The third kappa shape index (κ3) is 3.72. The summed E-state index contributed by atoms with van der Waals surface area (Å²) in [6.45, 7) is 6.63. The zero-order valence-electron chi connectivity index (χ0n) is 12.2. The van der Waals surface area contributed by atoms with E-state index in [0.29, 0.717) is 40.6 Å². The first-order chi connectivity index (χ1) is 9.56. The van der Waals surface area contributed by atoms with Gasteiger partial charge in [-0.05, 0) is 25.3 Å². The van der Waals surface area contributed by atoms with Gasteiger partial charge < -0.3 is 15.8 Å². The van der Waals surface area contributed by atoms with Crippen molar-refractivity contribution in [2.75, 3.05) is 18.9 Å². The predicted octanol–water partition coefficient (Wildman–Crippen LogP) is 2.60. The van der Waals surface area contributed by atoms with E-state index < -0.39 is 5.97 Å². The van der Waals surface area contributed by atoms with Crippen molar-refractivity contribution in [3.05, 3.63) is 16.0 Å². The van der Waals surface area contributed by atoms with Crippen molar-refractivity contribution in [1.82, 2.24) is 5.32 Å². The normalized spacial score (nSPS) is 10.3. The predicted molar refractivity (Wildman–Crippen MR) is 81.3 cm³/mol. The van der Waals surface area contributed by atoms with E-state index in [-0.39, 0.29) is 5.91 Å². The van der Waals surface area contributed by atoms with Gasteiger partial charge in [-0.1, -0.05) is 20.3 Å². The molecule has 0 aliphatic heterocycles. The van der Waals surface area contributed by atoms with E-state index >= 15 is 0 Å². The minimum Gasteiger partial charge on any atom is -0.462 e. The molecule has 0 aromatic carbocycles. The highest BCUT2D eigenvalue weighted by Gasteiger charge is 2.25. The summed E-state index contributed by atoms with van der Waals surface area (Å²) >= 11 is 1.13. The Bertz CT molecular complexity index is 483. The molecule has 1 rings (SSSR count). The van der Waals surface area contributed by atoms with Gasteiger partial charge in [0.15, 0.2) is 0 Å². The second kappa shape index (κ2) is 7.89. The highest BCUT2D eigenvalue weighted by molar-refractivity contribution is 7.18. The van der Waals surface area contributed by atoms with Crippen LogP contribution in [0, 0.1) is 0 Å². The fourth-order valence-electron chi connectivity index (χ4n) is 1.91. The van der Waals surface area contributed by atoms with Crippen molar-refractivity contribution in [3.8, 4) is 0 Å². The van der Waals surface area contributed by atoms with Crippen molar-refractivity contribution in [3.63, 3.8) is 0 Å². The second-order valence-electron chi connectivity index (χ2n) is 4.38. The Balaban J connectivity index is 3.15. The van der Waals surface area contributed by atoms with E-state index in [2.05, 4.69) is 5.32 Å². The van der Waals surface area contributed by atoms with Crippen LogP contribution in [-0.2, 0) is 11.2 Å². The summed E-state index contributed by atoms with van der Waals surface area (Å²) in [6.07, 6.45) is 2.32. The molecule has 0 aliphatic rings. The number of ether oxygens (including phenoxy) is 1. The van der Waals surface area contributed by atoms with Crippen molar-refractivity contribution in [1.29, 1.82) is 0 Å². The molecule has 5 nitrogen and oxygen atoms in total. The Labute approximate surface area is 123 Å². The Kier molecular flexibility index (Phi) is 6.51. The number of rotatable bonds is 7. The summed E-state index contributed by atoms with van der Waals surface area (Å²) in [5.74, 6) is -0.609. The smallest absolute Gasteiger partial charge is 0.348 e. The van der Waals surface area contributed by atoms with Gasteiger partial charge in [0.05, 0.1) is 17.2 Å². The van der Waals surface area contributed by atoms with E-state index in [4.69, 9.17) is 10.5 Å². The Hall–Kier alpha value is -1.56. The van der Waals surface area contributed by atoms with Gasteiger partial charge in [-0.25, -0.2) is 4.79 Å². The number of carbonyl (C=O) groups is 2. The lowest BCUT2D eigenvalue weighted by molar-refractivity contribution is 0.0531. The summed E-state index contributed by atoms with van der Waals surface area (Å²) in [4.78, 5) is 24.6. The van der Waals surface area contributed by atoms with Crippen LogP contribution < -0.4 is 11.1 Å². The number of anilines is 1. The van der Waals surface area contributed by atoms with Gasteiger partial charge in [-0.15, -0.1) is 11.3 Å². The summed E-state index contributed by atoms with van der Waals surface area (Å²) in [5.41, 5.74) is 7.08. The molecule has 0 unspecified atom stereocenters. The first-order valence-corrected chi connectivity index (χ1v) is 7.74. The van der Waals surface area contributed by atoms with E-state index in [9.17, 15) is 9.59 Å². The van der Waals surface area contributed by atoms with Gasteiger partial charge in [-0.3, -0.25) is 4.79 Å². The van der Waals surface area contributed by atoms with E-state index in [0.717, 1.165) is 24.2 Å². The summed E-state index contributed by atoms with van der Waals surface area (Å²) in [7, 11) is 0. The number of nitrogen functional groups attached to an aromatic ring is 1. The lowest BCUT2D eigenvalue weighted by atomic mass is 10.0. The highest BCUT2D eigenvalue weighted by atomic mass is 32.1. The molecule has 1 amide bonds. The molecule has 0 aliphatic carbocycles. The van der Waals surface area contributed by atoms with Gasteiger partial charge >= 0.3 is 5.97 Å². The van der Waals surface area contributed by atoms with Crippen LogP contribution in [0.5, 0.6) is 0 Å². The molecule has 0 saturated heterocycles. The third-order valence-electron chi connectivity index (χ3n) is 2.76. The summed E-state index contributed by atoms with van der Waals surface area (Å²) < 4.78 is 5.03. The highest BCUT2D eigenvalue weighted by Crippen LogP contribution is 2.32. The van der Waals surface area contributed by atoms with Crippen molar-refractivity contribution in [2.45, 2.75) is 40.0 Å². The lowest BCUT2D eigenvalue weighted by Gasteiger charge is -2.07. The number of nitrogens with one attached hydrogen (secondary N) is 1. The van der Waals surface area contributed by atoms with Crippen LogP contribution in [0.25, 0.3) is 0 Å². The number of amides is 1. The van der Waals surface area contributed by atoms with Crippen LogP contribution in [0.4, 0.5) is 5.00 Å². The molecule has 3 N–H and O–H groups in total. The molecule has 1 aromatic rings. The first kappa shape index (κ1) is 16.5. The molecule has 1 aromatic heterocycles. The lowest BCUT2D eigenvalue weighted by Crippen LogP contribution is -2.25. The SMILES string of the molecule is CCCNC(=O)c1c(N)sc(C(=O)OCC)c1CCC. The van der Waals surface area contributed by atoms with Crippen LogP contribution in [0.2, 0.25) is 0 Å². The molecule has 1 heterocycles. The van der Waals surface area contributed by atoms with Gasteiger partial charge in [-0.2, -0.15) is 0 Å². The molecular weight excluding hydrogens is 276 g/mol. The minimum absolute atomic E-state index is 0.209. The molecule has 0 fully saturated rings. The van der Waals surface area contributed by atoms with Crippen LogP contribution in [0.3, 0.4) is 0 Å². The van der Waals surface area contributed by atoms with Crippen LogP contribution in [0.1, 0.15) is 59.2 Å². The average molecular weight is 298 g/mol. The number of esters is 1. The quantitative estimate of drug-likeness (QED) is 0.758. The topological polar surface area (TPSA) is 81.4 Å². The van der Waals surface area contributed by atoms with Crippen molar-refractivity contribution in [2.24, 2.45) is 0 Å². The van der Waals surface area contributed by atoms with Crippen molar-refractivity contribution >= 4 is 28.2 Å². The van der Waals surface area contributed by atoms with Gasteiger partial charge in [0.25, 0.3) is 5.91 Å². The molecule has 0 spiro atoms. The average Bonchev–Trinajstić information content (AvgIpc) is 2.74.